The van der Waals surface area contributed by atoms with Crippen molar-refractivity contribution in [2.45, 2.75) is 64.4 Å². The van der Waals surface area contributed by atoms with Gasteiger partial charge in [0.2, 0.25) is 10.0 Å². The Morgan fingerprint density at radius 2 is 1.70 bits per heavy atom. The summed E-state index contributed by atoms with van der Waals surface area (Å²) in [6.45, 7) is 10.1. The first kappa shape index (κ1) is 15.5. The van der Waals surface area contributed by atoms with E-state index in [0.29, 0.717) is 10.8 Å². The molecule has 0 amide bonds. The molecule has 112 valence electrons. The van der Waals surface area contributed by atoms with E-state index in [1.165, 1.54) is 0 Å². The third kappa shape index (κ3) is 2.91. The lowest BCUT2D eigenvalue weighted by molar-refractivity contribution is 0.269. The average molecular weight is 295 g/mol. The zero-order valence-electron chi connectivity index (χ0n) is 13.1. The summed E-state index contributed by atoms with van der Waals surface area (Å²) in [5.74, 6) is 0.317. The summed E-state index contributed by atoms with van der Waals surface area (Å²) in [4.78, 5) is 0.431. The van der Waals surface area contributed by atoms with Crippen molar-refractivity contribution in [2.24, 2.45) is 5.92 Å². The van der Waals surface area contributed by atoms with E-state index in [4.69, 9.17) is 0 Å². The van der Waals surface area contributed by atoms with E-state index in [-0.39, 0.29) is 12.1 Å². The van der Waals surface area contributed by atoms with Crippen LogP contribution in [0.5, 0.6) is 0 Å². The van der Waals surface area contributed by atoms with Gasteiger partial charge in [0.15, 0.2) is 0 Å². The molecule has 1 aliphatic carbocycles. The molecule has 3 nitrogen and oxygen atoms in total. The summed E-state index contributed by atoms with van der Waals surface area (Å²) < 4.78 is 27.6. The van der Waals surface area contributed by atoms with Crippen molar-refractivity contribution in [1.82, 2.24) is 4.31 Å². The molecular weight excluding hydrogens is 270 g/mol. The minimum atomic E-state index is -3.39. The topological polar surface area (TPSA) is 37.4 Å². The van der Waals surface area contributed by atoms with Gasteiger partial charge in [0, 0.05) is 12.1 Å². The highest BCUT2D eigenvalue weighted by Crippen LogP contribution is 2.35. The van der Waals surface area contributed by atoms with Crippen molar-refractivity contribution >= 4 is 10.0 Å². The largest absolute Gasteiger partial charge is 0.243 e. The number of benzene rings is 1. The first-order valence-corrected chi connectivity index (χ1v) is 8.80. The van der Waals surface area contributed by atoms with Gasteiger partial charge >= 0.3 is 0 Å². The molecule has 0 N–H and O–H groups in total. The van der Waals surface area contributed by atoms with Gasteiger partial charge in [-0.1, -0.05) is 19.9 Å². The summed E-state index contributed by atoms with van der Waals surface area (Å²) in [6, 6.07) is 5.66. The summed E-state index contributed by atoms with van der Waals surface area (Å²) >= 11 is 0. The lowest BCUT2D eigenvalue weighted by Crippen LogP contribution is -2.43. The second kappa shape index (κ2) is 5.49. The van der Waals surface area contributed by atoms with E-state index in [0.717, 1.165) is 24.0 Å². The van der Waals surface area contributed by atoms with Crippen LogP contribution in [0.25, 0.3) is 0 Å². The Morgan fingerprint density at radius 1 is 1.10 bits per heavy atom. The number of aryl methyl sites for hydroxylation is 2. The molecule has 1 aromatic carbocycles. The Kier molecular flexibility index (Phi) is 4.26. The molecular formula is C16H25NO2S. The van der Waals surface area contributed by atoms with Gasteiger partial charge in [0.1, 0.15) is 0 Å². The van der Waals surface area contributed by atoms with Crippen LogP contribution < -0.4 is 0 Å². The van der Waals surface area contributed by atoms with Crippen LogP contribution in [0, 0.1) is 19.8 Å². The highest BCUT2D eigenvalue weighted by Gasteiger charge is 2.41. The van der Waals surface area contributed by atoms with Crippen LogP contribution in [0.15, 0.2) is 23.1 Å². The standard InChI is InChI=1S/C16H25NO2S/c1-11(2)14(5)17(15-7-8-15)20(18,19)16-9-6-12(3)13(4)10-16/h6,9-11,14-15H,7-8H2,1-5H3/t14-/m0/s1. The van der Waals surface area contributed by atoms with E-state index < -0.39 is 10.0 Å². The Hall–Kier alpha value is -0.870. The molecule has 0 unspecified atom stereocenters. The van der Waals surface area contributed by atoms with Crippen LogP contribution in [0.1, 0.15) is 44.7 Å². The fourth-order valence-corrected chi connectivity index (χ4v) is 4.46. The maximum atomic E-state index is 12.9. The first-order chi connectivity index (χ1) is 9.25. The van der Waals surface area contributed by atoms with Crippen molar-refractivity contribution in [1.29, 1.82) is 0 Å². The smallest absolute Gasteiger partial charge is 0.207 e. The third-order valence-corrected chi connectivity index (χ3v) is 6.36. The zero-order valence-corrected chi connectivity index (χ0v) is 13.9. The van der Waals surface area contributed by atoms with Crippen molar-refractivity contribution in [2.75, 3.05) is 0 Å². The minimum absolute atomic E-state index is 0.0362. The fraction of sp³-hybridized carbons (Fsp3) is 0.625. The summed E-state index contributed by atoms with van der Waals surface area (Å²) in [6.07, 6.45) is 1.97. The van der Waals surface area contributed by atoms with Crippen LogP contribution in [-0.2, 0) is 10.0 Å². The van der Waals surface area contributed by atoms with Crippen molar-refractivity contribution in [3.63, 3.8) is 0 Å². The number of hydrogen-bond acceptors (Lipinski definition) is 2. The first-order valence-electron chi connectivity index (χ1n) is 7.36. The van der Waals surface area contributed by atoms with Gasteiger partial charge in [-0.2, -0.15) is 4.31 Å². The molecule has 1 aliphatic rings. The molecule has 1 saturated carbocycles. The normalized spacial score (nSPS) is 17.8. The highest BCUT2D eigenvalue weighted by molar-refractivity contribution is 7.89. The SMILES string of the molecule is Cc1ccc(S(=O)(=O)N(C2CC2)[C@@H](C)C(C)C)cc1C. The number of sulfonamides is 1. The monoisotopic (exact) mass is 295 g/mol. The third-order valence-electron chi connectivity index (χ3n) is 4.33. The predicted octanol–water partition coefficient (Wildman–Crippen LogP) is 3.50. The lowest BCUT2D eigenvalue weighted by Gasteiger charge is -2.31. The van der Waals surface area contributed by atoms with Gasteiger partial charge in [0.05, 0.1) is 4.90 Å². The maximum absolute atomic E-state index is 12.9. The molecule has 1 fully saturated rings. The van der Waals surface area contributed by atoms with Gasteiger partial charge in [-0.05, 0) is 62.8 Å². The zero-order chi connectivity index (χ0) is 15.1. The minimum Gasteiger partial charge on any atom is -0.207 e. The second-order valence-electron chi connectivity index (χ2n) is 6.30. The second-order valence-corrected chi connectivity index (χ2v) is 8.14. The Balaban J connectivity index is 2.42. The predicted molar refractivity (Wildman–Crippen MR) is 82.3 cm³/mol. The number of rotatable bonds is 5. The summed E-state index contributed by atoms with van der Waals surface area (Å²) in [5, 5.41) is 0. The molecule has 0 spiro atoms. The molecule has 1 atom stereocenters. The number of hydrogen-bond donors (Lipinski definition) is 0. The molecule has 0 aromatic heterocycles. The van der Waals surface area contributed by atoms with Crippen LogP contribution >= 0.6 is 0 Å². The van der Waals surface area contributed by atoms with E-state index in [2.05, 4.69) is 13.8 Å². The van der Waals surface area contributed by atoms with Gasteiger partial charge in [0.25, 0.3) is 0 Å². The Bertz CT molecular complexity index is 588. The average Bonchev–Trinajstić information content (AvgIpc) is 3.16. The molecule has 2 rings (SSSR count). The van der Waals surface area contributed by atoms with Crippen LogP contribution in [-0.4, -0.2) is 24.8 Å². The quantitative estimate of drug-likeness (QED) is 0.833. The molecule has 20 heavy (non-hydrogen) atoms. The van der Waals surface area contributed by atoms with E-state index in [1.54, 1.807) is 16.4 Å². The summed E-state index contributed by atoms with van der Waals surface area (Å²) in [5.41, 5.74) is 2.15. The fourth-order valence-electron chi connectivity index (χ4n) is 2.37. The Labute approximate surface area is 123 Å². The van der Waals surface area contributed by atoms with Crippen molar-refractivity contribution < 1.29 is 8.42 Å². The van der Waals surface area contributed by atoms with Gasteiger partial charge in [-0.25, -0.2) is 8.42 Å². The number of nitrogens with zero attached hydrogens (tertiary/aromatic N) is 1. The van der Waals surface area contributed by atoms with Crippen LogP contribution in [0.4, 0.5) is 0 Å². The van der Waals surface area contributed by atoms with Gasteiger partial charge < -0.3 is 0 Å². The molecule has 4 heteroatoms. The van der Waals surface area contributed by atoms with E-state index in [9.17, 15) is 8.42 Å². The van der Waals surface area contributed by atoms with Crippen LogP contribution in [0.2, 0.25) is 0 Å². The van der Waals surface area contributed by atoms with E-state index >= 15 is 0 Å². The molecule has 0 bridgehead atoms. The molecule has 0 aliphatic heterocycles. The molecule has 1 aromatic rings. The van der Waals surface area contributed by atoms with Crippen LogP contribution in [0.3, 0.4) is 0 Å². The van der Waals surface area contributed by atoms with Crippen molar-refractivity contribution in [3.05, 3.63) is 29.3 Å². The van der Waals surface area contributed by atoms with Gasteiger partial charge in [-0.3, -0.25) is 0 Å². The lowest BCUT2D eigenvalue weighted by atomic mass is 10.1. The molecule has 0 radical (unpaired) electrons. The Morgan fingerprint density at radius 3 is 2.15 bits per heavy atom. The molecule has 0 saturated heterocycles. The van der Waals surface area contributed by atoms with Crippen molar-refractivity contribution in [3.8, 4) is 0 Å². The maximum Gasteiger partial charge on any atom is 0.243 e. The van der Waals surface area contributed by atoms with Gasteiger partial charge in [-0.15, -0.1) is 0 Å². The van der Waals surface area contributed by atoms with E-state index in [1.807, 2.05) is 26.8 Å². The molecule has 0 heterocycles. The highest BCUT2D eigenvalue weighted by atomic mass is 32.2. The summed E-state index contributed by atoms with van der Waals surface area (Å²) in [7, 11) is -3.39.